The van der Waals surface area contributed by atoms with Crippen molar-refractivity contribution in [3.8, 4) is 18.6 Å². The molecule has 0 bridgehead atoms. The number of benzene rings is 2. The predicted molar refractivity (Wildman–Crippen MR) is 132 cm³/mol. The average Bonchev–Trinajstić information content (AvgIpc) is 3.20. The maximum atomic E-state index is 9.22. The van der Waals surface area contributed by atoms with Crippen LogP contribution in [0.4, 0.5) is 0 Å². The number of fused-ring (bicyclic) bond motifs is 1. The Hall–Kier alpha value is -3.23. The van der Waals surface area contributed by atoms with Gasteiger partial charge in [-0.15, -0.1) is 12.8 Å². The van der Waals surface area contributed by atoms with Gasteiger partial charge in [-0.05, 0) is 44.1 Å². The lowest BCUT2D eigenvalue weighted by molar-refractivity contribution is -0.115. The molecule has 0 fully saturated rings. The van der Waals surface area contributed by atoms with Crippen LogP contribution in [0.5, 0.6) is 5.75 Å². The number of terminal acetylenes is 1. The number of rotatable bonds is 7. The Labute approximate surface area is 187 Å². The van der Waals surface area contributed by atoms with Gasteiger partial charge in [0.1, 0.15) is 5.75 Å². The summed E-state index contributed by atoms with van der Waals surface area (Å²) in [6, 6.07) is 16.7. The molecule has 5 nitrogen and oxygen atoms in total. The molecule has 0 atom stereocenters. The van der Waals surface area contributed by atoms with Crippen molar-refractivity contribution in [2.45, 2.75) is 40.2 Å². The van der Waals surface area contributed by atoms with Gasteiger partial charge in [-0.3, -0.25) is 4.79 Å². The molecule has 0 saturated carbocycles. The van der Waals surface area contributed by atoms with Gasteiger partial charge in [0, 0.05) is 36.1 Å². The monoisotopic (exact) mass is 423 g/mol. The highest BCUT2D eigenvalue weighted by Gasteiger charge is 2.07. The van der Waals surface area contributed by atoms with E-state index in [4.69, 9.17) is 4.74 Å². The van der Waals surface area contributed by atoms with E-state index in [1.54, 1.807) is 7.11 Å². The summed E-state index contributed by atoms with van der Waals surface area (Å²) in [7, 11) is 3.90. The SMILES string of the molecule is C#C.CC.CC(N)=O.COc1ccccc1CN(C)CCCc1c[nH]c2ccccc12. The minimum atomic E-state index is -0.333. The van der Waals surface area contributed by atoms with E-state index in [0.717, 1.165) is 31.7 Å². The number of nitrogens with zero attached hydrogens (tertiary/aromatic N) is 1. The predicted octanol–water partition coefficient (Wildman–Crippen LogP) is 5.01. The molecule has 1 amide bonds. The number of primary amides is 1. The van der Waals surface area contributed by atoms with E-state index in [2.05, 4.69) is 78.1 Å². The molecule has 1 heterocycles. The molecule has 3 N–H and O–H groups in total. The number of hydrogen-bond donors (Lipinski definition) is 2. The molecular weight excluding hydrogens is 386 g/mol. The van der Waals surface area contributed by atoms with Crippen molar-refractivity contribution in [1.82, 2.24) is 9.88 Å². The normalized spacial score (nSPS) is 9.42. The lowest BCUT2D eigenvalue weighted by Gasteiger charge is -2.18. The molecule has 31 heavy (non-hydrogen) atoms. The highest BCUT2D eigenvalue weighted by Crippen LogP contribution is 2.20. The van der Waals surface area contributed by atoms with E-state index in [1.807, 2.05) is 26.0 Å². The van der Waals surface area contributed by atoms with Crippen LogP contribution in [0.3, 0.4) is 0 Å². The van der Waals surface area contributed by atoms with Crippen LogP contribution in [0.25, 0.3) is 10.9 Å². The number of ether oxygens (including phenoxy) is 1. The molecule has 3 aromatic rings. The van der Waals surface area contributed by atoms with Crippen LogP contribution in [0.1, 0.15) is 38.3 Å². The number of methoxy groups -OCH3 is 1. The summed E-state index contributed by atoms with van der Waals surface area (Å²) in [5.41, 5.74) is 8.35. The van der Waals surface area contributed by atoms with Crippen molar-refractivity contribution in [2.24, 2.45) is 5.73 Å². The third-order valence-electron chi connectivity index (χ3n) is 4.29. The number of nitrogens with one attached hydrogen (secondary N) is 1. The second kappa shape index (κ2) is 16.6. The zero-order valence-electron chi connectivity index (χ0n) is 19.5. The van der Waals surface area contributed by atoms with E-state index in [1.165, 1.54) is 29.0 Å². The minimum Gasteiger partial charge on any atom is -0.496 e. The van der Waals surface area contributed by atoms with Gasteiger partial charge in [-0.25, -0.2) is 0 Å². The zero-order valence-corrected chi connectivity index (χ0v) is 19.5. The Morgan fingerprint density at radius 2 is 1.65 bits per heavy atom. The van der Waals surface area contributed by atoms with Crippen LogP contribution in [0.2, 0.25) is 0 Å². The molecule has 5 heteroatoms. The van der Waals surface area contributed by atoms with Gasteiger partial charge in [0.2, 0.25) is 5.91 Å². The quantitative estimate of drug-likeness (QED) is 0.525. The van der Waals surface area contributed by atoms with Crippen molar-refractivity contribution in [3.05, 3.63) is 65.9 Å². The summed E-state index contributed by atoms with van der Waals surface area (Å²) in [5, 5.41) is 1.35. The van der Waals surface area contributed by atoms with Gasteiger partial charge >= 0.3 is 0 Å². The molecule has 0 aliphatic carbocycles. The molecule has 1 aromatic heterocycles. The molecule has 3 rings (SSSR count). The van der Waals surface area contributed by atoms with Gasteiger partial charge in [-0.2, -0.15) is 0 Å². The highest BCUT2D eigenvalue weighted by atomic mass is 16.5. The fourth-order valence-electron chi connectivity index (χ4n) is 3.08. The zero-order chi connectivity index (χ0) is 23.6. The Kier molecular flexibility index (Phi) is 14.8. The third-order valence-corrected chi connectivity index (χ3v) is 4.29. The number of aryl methyl sites for hydroxylation is 1. The van der Waals surface area contributed by atoms with E-state index < -0.39 is 0 Å². The van der Waals surface area contributed by atoms with Crippen LogP contribution in [0, 0.1) is 12.8 Å². The summed E-state index contributed by atoms with van der Waals surface area (Å²) in [6.45, 7) is 7.29. The highest BCUT2D eigenvalue weighted by molar-refractivity contribution is 5.83. The minimum absolute atomic E-state index is 0.333. The molecule has 0 aliphatic heterocycles. The van der Waals surface area contributed by atoms with Crippen LogP contribution >= 0.6 is 0 Å². The molecule has 168 valence electrons. The first-order valence-corrected chi connectivity index (χ1v) is 10.5. The topological polar surface area (TPSA) is 71.4 Å². The fraction of sp³-hybridized carbons (Fsp3) is 0.346. The number of hydrogen-bond acceptors (Lipinski definition) is 3. The molecular formula is C26H37N3O2. The fourth-order valence-corrected chi connectivity index (χ4v) is 3.08. The maximum absolute atomic E-state index is 9.22. The number of H-pyrrole nitrogens is 1. The maximum Gasteiger partial charge on any atom is 0.214 e. The molecule has 0 aliphatic rings. The average molecular weight is 424 g/mol. The van der Waals surface area contributed by atoms with Crippen LogP contribution in [-0.2, 0) is 17.8 Å². The van der Waals surface area contributed by atoms with E-state index in [9.17, 15) is 4.79 Å². The van der Waals surface area contributed by atoms with Crippen molar-refractivity contribution in [3.63, 3.8) is 0 Å². The molecule has 0 saturated heterocycles. The van der Waals surface area contributed by atoms with Gasteiger partial charge in [-0.1, -0.05) is 50.2 Å². The Balaban J connectivity index is 0.000000992. The number of carbonyl (C=O) groups excluding carboxylic acids is 1. The van der Waals surface area contributed by atoms with Gasteiger partial charge in [0.15, 0.2) is 0 Å². The first kappa shape index (κ1) is 27.8. The number of aromatic amines is 1. The number of carbonyl (C=O) groups is 1. The van der Waals surface area contributed by atoms with Crippen LogP contribution in [0.15, 0.2) is 54.7 Å². The van der Waals surface area contributed by atoms with Gasteiger partial charge in [0.25, 0.3) is 0 Å². The van der Waals surface area contributed by atoms with Crippen molar-refractivity contribution >= 4 is 16.8 Å². The standard InChI is InChI=1S/C20H24N2O.C2H5NO.C2H6.C2H2/c1-22(15-17-8-3-6-12-20(17)23-2)13-7-9-16-14-21-19-11-5-4-10-18(16)19;1-2(3)4;2*1-2/h3-6,8,10-12,14,21H,7,9,13,15H2,1-2H3;1H3,(H2,3,4);1-2H3;1-2H. The summed E-state index contributed by atoms with van der Waals surface area (Å²) < 4.78 is 5.43. The number of para-hydroxylation sites is 2. The third kappa shape index (κ3) is 10.4. The molecule has 0 radical (unpaired) electrons. The lowest BCUT2D eigenvalue weighted by atomic mass is 10.1. The Bertz CT molecular complexity index is 896. The van der Waals surface area contributed by atoms with Gasteiger partial charge < -0.3 is 20.4 Å². The second-order valence-electron chi connectivity index (χ2n) is 6.62. The van der Waals surface area contributed by atoms with E-state index in [0.29, 0.717) is 0 Å². The Morgan fingerprint density at radius 3 is 2.29 bits per heavy atom. The smallest absolute Gasteiger partial charge is 0.214 e. The summed E-state index contributed by atoms with van der Waals surface area (Å²) >= 11 is 0. The second-order valence-corrected chi connectivity index (χ2v) is 6.62. The molecule has 0 unspecified atom stereocenters. The lowest BCUT2D eigenvalue weighted by Crippen LogP contribution is -2.20. The first-order valence-electron chi connectivity index (χ1n) is 10.5. The largest absolute Gasteiger partial charge is 0.496 e. The van der Waals surface area contributed by atoms with Gasteiger partial charge in [0.05, 0.1) is 7.11 Å². The molecule has 2 aromatic carbocycles. The summed E-state index contributed by atoms with van der Waals surface area (Å²) in [6.07, 6.45) is 12.4. The van der Waals surface area contributed by atoms with Crippen molar-refractivity contribution < 1.29 is 9.53 Å². The summed E-state index contributed by atoms with van der Waals surface area (Å²) in [5.74, 6) is 0.635. The van der Waals surface area contributed by atoms with Crippen molar-refractivity contribution in [2.75, 3.05) is 20.7 Å². The Morgan fingerprint density at radius 1 is 1.06 bits per heavy atom. The van der Waals surface area contributed by atoms with E-state index in [-0.39, 0.29) is 5.91 Å². The number of aromatic nitrogens is 1. The van der Waals surface area contributed by atoms with Crippen LogP contribution in [-0.4, -0.2) is 36.5 Å². The number of nitrogens with two attached hydrogens (primary N) is 1. The van der Waals surface area contributed by atoms with Crippen LogP contribution < -0.4 is 10.5 Å². The summed E-state index contributed by atoms with van der Waals surface area (Å²) in [4.78, 5) is 14.9. The molecule has 0 spiro atoms. The first-order chi connectivity index (χ1) is 15.0. The van der Waals surface area contributed by atoms with Crippen molar-refractivity contribution in [1.29, 1.82) is 0 Å². The number of amides is 1. The van der Waals surface area contributed by atoms with E-state index >= 15 is 0 Å².